The lowest BCUT2D eigenvalue weighted by Gasteiger charge is -2.35. The summed E-state index contributed by atoms with van der Waals surface area (Å²) < 4.78 is 13.3. The maximum atomic E-state index is 13.3. The molecule has 2 fully saturated rings. The lowest BCUT2D eigenvalue weighted by molar-refractivity contribution is 0.131. The number of benzene rings is 1. The SMILES string of the molecule is CC1(C)C2CNCC2CN1Cc1cc(F)ccc1O. The van der Waals surface area contributed by atoms with Gasteiger partial charge >= 0.3 is 0 Å². The summed E-state index contributed by atoms with van der Waals surface area (Å²) in [6.07, 6.45) is 0. The van der Waals surface area contributed by atoms with Gasteiger partial charge in [-0.1, -0.05) is 0 Å². The molecule has 0 saturated carbocycles. The summed E-state index contributed by atoms with van der Waals surface area (Å²) in [5, 5.41) is 13.3. The quantitative estimate of drug-likeness (QED) is 0.857. The molecule has 104 valence electrons. The molecule has 0 aromatic heterocycles. The summed E-state index contributed by atoms with van der Waals surface area (Å²) in [6.45, 7) is 8.26. The van der Waals surface area contributed by atoms with Gasteiger partial charge in [-0.05, 0) is 50.4 Å². The minimum absolute atomic E-state index is 0.0902. The second kappa shape index (κ2) is 4.46. The first-order valence-electron chi connectivity index (χ1n) is 6.91. The molecule has 1 aromatic carbocycles. The van der Waals surface area contributed by atoms with Gasteiger partial charge in [0, 0.05) is 30.7 Å². The molecule has 0 aliphatic carbocycles. The second-order valence-corrected chi connectivity index (χ2v) is 6.33. The van der Waals surface area contributed by atoms with Crippen LogP contribution in [-0.4, -0.2) is 35.2 Å². The maximum Gasteiger partial charge on any atom is 0.123 e. The second-order valence-electron chi connectivity index (χ2n) is 6.33. The van der Waals surface area contributed by atoms with Gasteiger partial charge in [0.25, 0.3) is 0 Å². The molecule has 2 aliphatic rings. The van der Waals surface area contributed by atoms with Crippen molar-refractivity contribution in [2.45, 2.75) is 25.9 Å². The Labute approximate surface area is 113 Å². The fourth-order valence-corrected chi connectivity index (χ4v) is 3.66. The minimum atomic E-state index is -0.285. The minimum Gasteiger partial charge on any atom is -0.508 e. The van der Waals surface area contributed by atoms with Crippen LogP contribution in [0.4, 0.5) is 4.39 Å². The average Bonchev–Trinajstić information content (AvgIpc) is 2.89. The molecular formula is C15H21FN2O. The van der Waals surface area contributed by atoms with E-state index in [1.165, 1.54) is 18.2 Å². The number of nitrogens with one attached hydrogen (secondary N) is 1. The highest BCUT2D eigenvalue weighted by atomic mass is 19.1. The predicted octanol–water partition coefficient (Wildman–Crippen LogP) is 1.96. The predicted molar refractivity (Wildman–Crippen MR) is 72.4 cm³/mol. The van der Waals surface area contributed by atoms with Crippen LogP contribution in [0.2, 0.25) is 0 Å². The lowest BCUT2D eigenvalue weighted by Crippen LogP contribution is -2.43. The van der Waals surface area contributed by atoms with Gasteiger partial charge in [-0.2, -0.15) is 0 Å². The van der Waals surface area contributed by atoms with Crippen LogP contribution in [0.1, 0.15) is 19.4 Å². The maximum absolute atomic E-state index is 13.3. The molecule has 2 N–H and O–H groups in total. The molecular weight excluding hydrogens is 243 g/mol. The molecule has 0 amide bonds. The molecule has 0 bridgehead atoms. The van der Waals surface area contributed by atoms with E-state index < -0.39 is 0 Å². The number of fused-ring (bicyclic) bond motifs is 1. The third-order valence-electron chi connectivity index (χ3n) is 4.92. The molecule has 4 heteroatoms. The van der Waals surface area contributed by atoms with E-state index in [1.807, 2.05) is 0 Å². The standard InChI is InChI=1S/C15H21FN2O/c1-15(2)13-7-17-6-11(13)9-18(15)8-10-5-12(16)3-4-14(10)19/h3-5,11,13,17,19H,6-9H2,1-2H3. The van der Waals surface area contributed by atoms with Crippen LogP contribution in [0.3, 0.4) is 0 Å². The normalized spacial score (nSPS) is 29.6. The van der Waals surface area contributed by atoms with E-state index in [9.17, 15) is 9.50 Å². The van der Waals surface area contributed by atoms with Gasteiger partial charge < -0.3 is 10.4 Å². The number of likely N-dealkylation sites (tertiary alicyclic amines) is 1. The van der Waals surface area contributed by atoms with Crippen molar-refractivity contribution in [3.8, 4) is 5.75 Å². The number of phenolic OH excluding ortho intramolecular Hbond substituents is 1. The zero-order chi connectivity index (χ0) is 13.6. The van der Waals surface area contributed by atoms with Crippen molar-refractivity contribution in [2.75, 3.05) is 19.6 Å². The first kappa shape index (κ1) is 12.9. The Morgan fingerprint density at radius 2 is 2.21 bits per heavy atom. The van der Waals surface area contributed by atoms with E-state index >= 15 is 0 Å². The van der Waals surface area contributed by atoms with E-state index in [-0.39, 0.29) is 17.1 Å². The Morgan fingerprint density at radius 1 is 1.42 bits per heavy atom. The number of rotatable bonds is 2. The Bertz CT molecular complexity index is 489. The molecule has 2 aliphatic heterocycles. The third kappa shape index (κ3) is 2.13. The zero-order valence-electron chi connectivity index (χ0n) is 11.5. The smallest absolute Gasteiger partial charge is 0.123 e. The summed E-state index contributed by atoms with van der Waals surface area (Å²) in [5.74, 6) is 1.22. The fraction of sp³-hybridized carbons (Fsp3) is 0.600. The summed E-state index contributed by atoms with van der Waals surface area (Å²) in [4.78, 5) is 2.37. The first-order chi connectivity index (χ1) is 8.98. The van der Waals surface area contributed by atoms with Gasteiger partial charge in [-0.3, -0.25) is 4.90 Å². The van der Waals surface area contributed by atoms with Crippen molar-refractivity contribution in [1.29, 1.82) is 0 Å². The highest BCUT2D eigenvalue weighted by Gasteiger charge is 2.49. The van der Waals surface area contributed by atoms with Crippen LogP contribution in [-0.2, 0) is 6.54 Å². The molecule has 3 nitrogen and oxygen atoms in total. The monoisotopic (exact) mass is 264 g/mol. The Kier molecular flexibility index (Phi) is 3.02. The molecule has 2 atom stereocenters. The van der Waals surface area contributed by atoms with E-state index in [2.05, 4.69) is 24.1 Å². The summed E-state index contributed by atoms with van der Waals surface area (Å²) in [5.41, 5.74) is 0.772. The van der Waals surface area contributed by atoms with Crippen molar-refractivity contribution in [1.82, 2.24) is 10.2 Å². The third-order valence-corrected chi connectivity index (χ3v) is 4.92. The topological polar surface area (TPSA) is 35.5 Å². The van der Waals surface area contributed by atoms with Gasteiger partial charge in [0.05, 0.1) is 0 Å². The van der Waals surface area contributed by atoms with Crippen LogP contribution in [0.5, 0.6) is 5.75 Å². The molecule has 19 heavy (non-hydrogen) atoms. The molecule has 2 saturated heterocycles. The Balaban J connectivity index is 1.82. The van der Waals surface area contributed by atoms with E-state index in [4.69, 9.17) is 0 Å². The molecule has 3 rings (SSSR count). The van der Waals surface area contributed by atoms with E-state index in [0.717, 1.165) is 19.6 Å². The van der Waals surface area contributed by atoms with Gasteiger partial charge in [0.15, 0.2) is 0 Å². The summed E-state index contributed by atoms with van der Waals surface area (Å²) in [7, 11) is 0. The highest BCUT2D eigenvalue weighted by molar-refractivity contribution is 5.32. The summed E-state index contributed by atoms with van der Waals surface area (Å²) in [6, 6.07) is 4.18. The lowest BCUT2D eigenvalue weighted by atomic mass is 9.85. The van der Waals surface area contributed by atoms with Crippen LogP contribution in [0.15, 0.2) is 18.2 Å². The highest BCUT2D eigenvalue weighted by Crippen LogP contribution is 2.41. The molecule has 0 radical (unpaired) electrons. The molecule has 0 spiro atoms. The number of nitrogens with zero attached hydrogens (tertiary/aromatic N) is 1. The summed E-state index contributed by atoms with van der Waals surface area (Å²) >= 11 is 0. The largest absolute Gasteiger partial charge is 0.508 e. The van der Waals surface area contributed by atoms with Crippen LogP contribution < -0.4 is 5.32 Å². The number of hydrogen-bond donors (Lipinski definition) is 2. The molecule has 1 aromatic rings. The number of phenols is 1. The van der Waals surface area contributed by atoms with Crippen LogP contribution in [0, 0.1) is 17.7 Å². The first-order valence-corrected chi connectivity index (χ1v) is 6.91. The van der Waals surface area contributed by atoms with Crippen molar-refractivity contribution in [3.63, 3.8) is 0 Å². The van der Waals surface area contributed by atoms with Crippen molar-refractivity contribution in [2.24, 2.45) is 11.8 Å². The van der Waals surface area contributed by atoms with Crippen molar-refractivity contribution in [3.05, 3.63) is 29.6 Å². The van der Waals surface area contributed by atoms with Gasteiger partial charge in [-0.15, -0.1) is 0 Å². The molecule has 2 heterocycles. The van der Waals surface area contributed by atoms with E-state index in [0.29, 0.717) is 23.9 Å². The number of hydrogen-bond acceptors (Lipinski definition) is 3. The zero-order valence-corrected chi connectivity index (χ0v) is 11.5. The molecule has 2 unspecified atom stereocenters. The van der Waals surface area contributed by atoms with Crippen LogP contribution >= 0.6 is 0 Å². The fourth-order valence-electron chi connectivity index (χ4n) is 3.66. The van der Waals surface area contributed by atoms with Gasteiger partial charge in [0.1, 0.15) is 11.6 Å². The van der Waals surface area contributed by atoms with Crippen molar-refractivity contribution >= 4 is 0 Å². The number of aromatic hydroxyl groups is 1. The average molecular weight is 264 g/mol. The van der Waals surface area contributed by atoms with Crippen molar-refractivity contribution < 1.29 is 9.50 Å². The van der Waals surface area contributed by atoms with Gasteiger partial charge in [-0.25, -0.2) is 4.39 Å². The Morgan fingerprint density at radius 3 is 2.95 bits per heavy atom. The Hall–Kier alpha value is -1.13. The van der Waals surface area contributed by atoms with Gasteiger partial charge in [0.2, 0.25) is 0 Å². The number of halogens is 1. The van der Waals surface area contributed by atoms with E-state index in [1.54, 1.807) is 0 Å². The van der Waals surface area contributed by atoms with Crippen LogP contribution in [0.25, 0.3) is 0 Å².